The Hall–Kier alpha value is -2.49. The molecule has 0 saturated heterocycles. The molecule has 2 aromatic carbocycles. The molecule has 0 aromatic heterocycles. The van der Waals surface area contributed by atoms with Crippen LogP contribution in [0.2, 0.25) is 0 Å². The Balaban J connectivity index is 1.96. The molecule has 0 aliphatic carbocycles. The van der Waals surface area contributed by atoms with Crippen LogP contribution in [0, 0.1) is 11.2 Å². The molecule has 4 rings (SSSR count). The number of para-hydroxylation sites is 1. The highest BCUT2D eigenvalue weighted by Crippen LogP contribution is 2.39. The van der Waals surface area contributed by atoms with E-state index in [1.165, 1.54) is 6.07 Å². The van der Waals surface area contributed by atoms with Gasteiger partial charge in [-0.2, -0.15) is 0 Å². The second kappa shape index (κ2) is 5.01. The lowest BCUT2D eigenvalue weighted by Gasteiger charge is -2.41. The zero-order valence-electron chi connectivity index (χ0n) is 13.3. The number of hydrogen-bond donors (Lipinski definition) is 0. The van der Waals surface area contributed by atoms with Crippen molar-refractivity contribution in [3.8, 4) is 0 Å². The summed E-state index contributed by atoms with van der Waals surface area (Å²) in [4.78, 5) is 11.4. The van der Waals surface area contributed by atoms with Gasteiger partial charge < -0.3 is 4.90 Å². The maximum Gasteiger partial charge on any atom is 0.155 e. The van der Waals surface area contributed by atoms with Gasteiger partial charge in [0.15, 0.2) is 5.84 Å². The van der Waals surface area contributed by atoms with E-state index < -0.39 is 0 Å². The van der Waals surface area contributed by atoms with E-state index in [1.54, 1.807) is 6.07 Å². The van der Waals surface area contributed by atoms with Gasteiger partial charge in [-0.25, -0.2) is 9.38 Å². The summed E-state index contributed by atoms with van der Waals surface area (Å²) in [5.74, 6) is 0.525. The van der Waals surface area contributed by atoms with Crippen molar-refractivity contribution in [3.05, 3.63) is 59.9 Å². The molecular weight excluding hydrogens is 289 g/mol. The maximum atomic E-state index is 14.5. The summed E-state index contributed by atoms with van der Waals surface area (Å²) in [6.07, 6.45) is 0. The molecule has 0 N–H and O–H groups in total. The Labute approximate surface area is 135 Å². The first kappa shape index (κ1) is 14.1. The predicted octanol–water partition coefficient (Wildman–Crippen LogP) is 4.20. The molecule has 0 unspecified atom stereocenters. The minimum absolute atomic E-state index is 0.00217. The zero-order chi connectivity index (χ0) is 16.0. The van der Waals surface area contributed by atoms with Crippen LogP contribution in [-0.2, 0) is 0 Å². The molecule has 116 valence electrons. The zero-order valence-corrected chi connectivity index (χ0v) is 13.3. The number of anilines is 1. The Morgan fingerprint density at radius 1 is 1.04 bits per heavy atom. The van der Waals surface area contributed by atoms with Crippen molar-refractivity contribution in [1.29, 1.82) is 0 Å². The van der Waals surface area contributed by atoms with Crippen LogP contribution in [0.5, 0.6) is 0 Å². The monoisotopic (exact) mass is 307 g/mol. The average molecular weight is 307 g/mol. The Kier molecular flexibility index (Phi) is 3.08. The van der Waals surface area contributed by atoms with Gasteiger partial charge in [0.05, 0.1) is 5.69 Å². The highest BCUT2D eigenvalue weighted by Gasteiger charge is 2.36. The number of halogens is 1. The SMILES string of the molecule is CC1(C)CN=C2C(c3ccccc3)=Nc3cccc(F)c3N2C1. The van der Waals surface area contributed by atoms with Gasteiger partial charge in [-0.15, -0.1) is 0 Å². The van der Waals surface area contributed by atoms with Crippen LogP contribution in [0.25, 0.3) is 0 Å². The highest BCUT2D eigenvalue weighted by molar-refractivity contribution is 6.53. The third-order valence-electron chi connectivity index (χ3n) is 4.23. The maximum absolute atomic E-state index is 14.5. The molecule has 0 spiro atoms. The molecule has 0 fully saturated rings. The van der Waals surface area contributed by atoms with Crippen molar-refractivity contribution in [3.63, 3.8) is 0 Å². The molecule has 2 aromatic rings. The first-order valence-corrected chi connectivity index (χ1v) is 7.80. The Morgan fingerprint density at radius 2 is 1.83 bits per heavy atom. The lowest BCUT2D eigenvalue weighted by molar-refractivity contribution is 0.380. The molecule has 2 aliphatic heterocycles. The van der Waals surface area contributed by atoms with Crippen molar-refractivity contribution < 1.29 is 4.39 Å². The van der Waals surface area contributed by atoms with Gasteiger partial charge in [0.2, 0.25) is 0 Å². The van der Waals surface area contributed by atoms with Crippen LogP contribution >= 0.6 is 0 Å². The Morgan fingerprint density at radius 3 is 2.61 bits per heavy atom. The van der Waals surface area contributed by atoms with Crippen LogP contribution < -0.4 is 4.90 Å². The van der Waals surface area contributed by atoms with Gasteiger partial charge in [0.1, 0.15) is 17.2 Å². The van der Waals surface area contributed by atoms with Crippen molar-refractivity contribution in [2.75, 3.05) is 18.0 Å². The summed E-state index contributed by atoms with van der Waals surface area (Å²) in [5, 5.41) is 0. The summed E-state index contributed by atoms with van der Waals surface area (Å²) in [6.45, 7) is 5.75. The van der Waals surface area contributed by atoms with E-state index in [-0.39, 0.29) is 11.2 Å². The normalized spacial score (nSPS) is 18.7. The molecule has 2 aliphatic rings. The fraction of sp³-hybridized carbons (Fsp3) is 0.263. The van der Waals surface area contributed by atoms with Crippen molar-refractivity contribution >= 4 is 22.9 Å². The van der Waals surface area contributed by atoms with Crippen molar-refractivity contribution in [2.24, 2.45) is 15.4 Å². The van der Waals surface area contributed by atoms with Gasteiger partial charge >= 0.3 is 0 Å². The summed E-state index contributed by atoms with van der Waals surface area (Å²) < 4.78 is 14.5. The lowest BCUT2D eigenvalue weighted by atomic mass is 9.89. The molecular formula is C19H18FN3. The van der Waals surface area contributed by atoms with E-state index in [0.717, 1.165) is 23.7 Å². The lowest BCUT2D eigenvalue weighted by Crippen LogP contribution is -2.49. The average Bonchev–Trinajstić information content (AvgIpc) is 2.54. The molecule has 4 heteroatoms. The van der Waals surface area contributed by atoms with Crippen LogP contribution in [0.15, 0.2) is 58.5 Å². The van der Waals surface area contributed by atoms with E-state index in [9.17, 15) is 4.39 Å². The molecule has 23 heavy (non-hydrogen) atoms. The number of amidine groups is 1. The minimum atomic E-state index is -0.247. The van der Waals surface area contributed by atoms with Crippen LogP contribution in [0.4, 0.5) is 15.8 Å². The van der Waals surface area contributed by atoms with Gasteiger partial charge in [-0.1, -0.05) is 50.2 Å². The number of hydrogen-bond acceptors (Lipinski definition) is 3. The molecule has 0 saturated carbocycles. The van der Waals surface area contributed by atoms with Gasteiger partial charge in [0.25, 0.3) is 0 Å². The van der Waals surface area contributed by atoms with Crippen LogP contribution in [0.1, 0.15) is 19.4 Å². The standard InChI is InChI=1S/C19H18FN3/c1-19(2)11-21-18-16(13-7-4-3-5-8-13)22-15-10-6-9-14(20)17(15)23(18)12-19/h3-10H,11-12H2,1-2H3. The van der Waals surface area contributed by atoms with Crippen molar-refractivity contribution in [1.82, 2.24) is 0 Å². The van der Waals surface area contributed by atoms with E-state index in [4.69, 9.17) is 9.98 Å². The number of nitrogens with zero attached hydrogens (tertiary/aromatic N) is 3. The van der Waals surface area contributed by atoms with Gasteiger partial charge in [0, 0.05) is 24.1 Å². The van der Waals surface area contributed by atoms with E-state index in [1.807, 2.05) is 41.3 Å². The number of fused-ring (bicyclic) bond motifs is 3. The van der Waals surface area contributed by atoms with Gasteiger partial charge in [-0.3, -0.25) is 4.99 Å². The van der Waals surface area contributed by atoms with Crippen molar-refractivity contribution in [2.45, 2.75) is 13.8 Å². The molecule has 2 heterocycles. The summed E-state index contributed by atoms with van der Waals surface area (Å²) in [7, 11) is 0. The van der Waals surface area contributed by atoms with Crippen LogP contribution in [-0.4, -0.2) is 24.6 Å². The largest absolute Gasteiger partial charge is 0.320 e. The first-order chi connectivity index (χ1) is 11.1. The van der Waals surface area contributed by atoms with E-state index in [2.05, 4.69) is 13.8 Å². The molecule has 0 atom stereocenters. The quantitative estimate of drug-likeness (QED) is 0.776. The fourth-order valence-electron chi connectivity index (χ4n) is 3.14. The third kappa shape index (κ3) is 2.34. The second-order valence-electron chi connectivity index (χ2n) is 6.82. The van der Waals surface area contributed by atoms with E-state index >= 15 is 0 Å². The molecule has 0 bridgehead atoms. The fourth-order valence-corrected chi connectivity index (χ4v) is 3.14. The summed E-state index contributed by atoms with van der Waals surface area (Å²) >= 11 is 0. The second-order valence-corrected chi connectivity index (χ2v) is 6.82. The van der Waals surface area contributed by atoms with Crippen LogP contribution in [0.3, 0.4) is 0 Å². The number of benzene rings is 2. The number of aliphatic imine (C=N–C) groups is 2. The third-order valence-corrected chi connectivity index (χ3v) is 4.23. The molecule has 0 amide bonds. The molecule has 3 nitrogen and oxygen atoms in total. The van der Waals surface area contributed by atoms with E-state index in [0.29, 0.717) is 17.9 Å². The number of rotatable bonds is 1. The topological polar surface area (TPSA) is 28.0 Å². The minimum Gasteiger partial charge on any atom is -0.320 e. The molecule has 0 radical (unpaired) electrons. The summed E-state index contributed by atoms with van der Waals surface area (Å²) in [5.41, 5.74) is 3.03. The Bertz CT molecular complexity index is 822. The first-order valence-electron chi connectivity index (χ1n) is 7.80. The van der Waals surface area contributed by atoms with Gasteiger partial charge in [-0.05, 0) is 12.1 Å². The predicted molar refractivity (Wildman–Crippen MR) is 92.5 cm³/mol. The highest BCUT2D eigenvalue weighted by atomic mass is 19.1. The smallest absolute Gasteiger partial charge is 0.155 e. The summed E-state index contributed by atoms with van der Waals surface area (Å²) in [6, 6.07) is 15.0.